The van der Waals surface area contributed by atoms with E-state index in [9.17, 15) is 24.0 Å². The van der Waals surface area contributed by atoms with E-state index >= 15 is 0 Å². The number of anilines is 3. The number of benzene rings is 2. The Morgan fingerprint density at radius 3 is 2.40 bits per heavy atom. The fourth-order valence-corrected chi connectivity index (χ4v) is 4.78. The Bertz CT molecular complexity index is 1580. The number of aromatic nitrogens is 1. The Morgan fingerprint density at radius 1 is 1.00 bits per heavy atom. The summed E-state index contributed by atoms with van der Waals surface area (Å²) < 4.78 is 9.90. The number of rotatable bonds is 8. The maximum Gasteiger partial charge on any atom is 0.350 e. The lowest BCUT2D eigenvalue weighted by Crippen LogP contribution is -2.32. The second-order valence-electron chi connectivity index (χ2n) is 8.72. The van der Waals surface area contributed by atoms with Crippen LogP contribution in [0.3, 0.4) is 0 Å². The number of aryl methyl sites for hydroxylation is 1. The van der Waals surface area contributed by atoms with E-state index in [2.05, 4.69) is 15.6 Å². The molecule has 4 rings (SSSR count). The van der Waals surface area contributed by atoms with Crippen LogP contribution in [0.2, 0.25) is 0 Å². The van der Waals surface area contributed by atoms with Gasteiger partial charge in [0.2, 0.25) is 0 Å². The Balaban J connectivity index is 1.51. The van der Waals surface area contributed by atoms with Crippen molar-refractivity contribution in [3.05, 3.63) is 81.0 Å². The molecule has 0 radical (unpaired) electrons. The van der Waals surface area contributed by atoms with Crippen LogP contribution in [-0.4, -0.2) is 47.9 Å². The molecule has 3 amide bonds. The van der Waals surface area contributed by atoms with Crippen molar-refractivity contribution in [2.75, 3.05) is 22.6 Å². The lowest BCUT2D eigenvalue weighted by Gasteiger charge is -2.16. The molecular formula is C27H23ClN4O7S. The summed E-state index contributed by atoms with van der Waals surface area (Å²) >= 11 is 7.22. The number of imide groups is 1. The van der Waals surface area contributed by atoms with Gasteiger partial charge in [-0.15, -0.1) is 0 Å². The molecule has 40 heavy (non-hydrogen) atoms. The summed E-state index contributed by atoms with van der Waals surface area (Å²) in [4.78, 5) is 68.4. The predicted octanol–water partition coefficient (Wildman–Crippen LogP) is 4.49. The largest absolute Gasteiger partial charge is 0.465 e. The number of nitrogens with zero attached hydrogens (tertiary/aromatic N) is 2. The summed E-state index contributed by atoms with van der Waals surface area (Å²) in [5, 5.41) is 5.29. The molecule has 0 spiro atoms. The quantitative estimate of drug-likeness (QED) is 0.290. The van der Waals surface area contributed by atoms with Gasteiger partial charge in [0.15, 0.2) is 5.13 Å². The van der Waals surface area contributed by atoms with Crippen molar-refractivity contribution in [1.82, 2.24) is 4.98 Å². The summed E-state index contributed by atoms with van der Waals surface area (Å²) in [5.74, 6) is -3.20. The molecule has 0 saturated heterocycles. The number of ether oxygens (including phenoxy) is 2. The third-order valence-corrected chi connectivity index (χ3v) is 6.90. The van der Waals surface area contributed by atoms with Gasteiger partial charge in [-0.05, 0) is 57.2 Å². The summed E-state index contributed by atoms with van der Waals surface area (Å²) in [6, 6.07) is 12.0. The normalized spacial score (nSPS) is 13.1. The smallest absolute Gasteiger partial charge is 0.350 e. The standard InChI is InChI=1S/C27H23ClN4O7S/c1-13(2)39-25(36)16-8-6-10-18(12-16)32-23(34)19(28)20(24(32)35)30-17-9-5-7-15(11-17)22(33)31-27-29-14(3)21(40-27)26(37)38-4/h5-13,30H,1-4H3,(H,29,31,33). The number of amides is 3. The fourth-order valence-electron chi connectivity index (χ4n) is 3.68. The van der Waals surface area contributed by atoms with E-state index in [-0.39, 0.29) is 43.7 Å². The highest BCUT2D eigenvalue weighted by molar-refractivity contribution is 7.17. The van der Waals surface area contributed by atoms with Crippen LogP contribution in [0.25, 0.3) is 0 Å². The van der Waals surface area contributed by atoms with E-state index in [1.54, 1.807) is 32.9 Å². The number of nitrogens with one attached hydrogen (secondary N) is 2. The molecule has 11 nitrogen and oxygen atoms in total. The molecule has 1 aliphatic heterocycles. The molecule has 206 valence electrons. The van der Waals surface area contributed by atoms with E-state index in [0.29, 0.717) is 11.4 Å². The van der Waals surface area contributed by atoms with Gasteiger partial charge in [0.05, 0.1) is 30.2 Å². The lowest BCUT2D eigenvalue weighted by atomic mass is 10.2. The maximum atomic E-state index is 13.2. The highest BCUT2D eigenvalue weighted by Gasteiger charge is 2.39. The van der Waals surface area contributed by atoms with Crippen molar-refractivity contribution in [3.63, 3.8) is 0 Å². The molecule has 0 atom stereocenters. The summed E-state index contributed by atoms with van der Waals surface area (Å²) in [6.07, 6.45) is -0.348. The Morgan fingerprint density at radius 2 is 1.70 bits per heavy atom. The summed E-state index contributed by atoms with van der Waals surface area (Å²) in [6.45, 7) is 5.03. The lowest BCUT2D eigenvalue weighted by molar-refractivity contribution is -0.120. The van der Waals surface area contributed by atoms with Crippen LogP contribution >= 0.6 is 22.9 Å². The van der Waals surface area contributed by atoms with Gasteiger partial charge in [0.1, 0.15) is 15.6 Å². The highest BCUT2D eigenvalue weighted by atomic mass is 35.5. The number of carbonyl (C=O) groups excluding carboxylic acids is 5. The van der Waals surface area contributed by atoms with Gasteiger partial charge in [-0.3, -0.25) is 19.7 Å². The zero-order valence-corrected chi connectivity index (χ0v) is 23.3. The van der Waals surface area contributed by atoms with Gasteiger partial charge in [-0.1, -0.05) is 35.1 Å². The van der Waals surface area contributed by atoms with Crippen LogP contribution in [0, 0.1) is 6.92 Å². The highest BCUT2D eigenvalue weighted by Crippen LogP contribution is 2.31. The van der Waals surface area contributed by atoms with Gasteiger partial charge >= 0.3 is 11.9 Å². The molecule has 1 aliphatic rings. The van der Waals surface area contributed by atoms with Crippen molar-refractivity contribution < 1.29 is 33.4 Å². The summed E-state index contributed by atoms with van der Waals surface area (Å²) in [7, 11) is 1.25. The third-order valence-electron chi connectivity index (χ3n) is 5.49. The first-order valence-corrected chi connectivity index (χ1v) is 13.0. The number of esters is 2. The molecule has 0 unspecified atom stereocenters. The molecule has 1 aromatic heterocycles. The molecule has 2 heterocycles. The van der Waals surface area contributed by atoms with Crippen LogP contribution in [-0.2, 0) is 19.1 Å². The summed E-state index contributed by atoms with van der Waals surface area (Å²) in [5.41, 5.74) is 1.04. The number of halogens is 1. The molecule has 0 saturated carbocycles. The van der Waals surface area contributed by atoms with Crippen LogP contribution in [0.4, 0.5) is 16.5 Å². The van der Waals surface area contributed by atoms with Crippen LogP contribution < -0.4 is 15.5 Å². The molecule has 13 heteroatoms. The minimum atomic E-state index is -0.780. The van der Waals surface area contributed by atoms with E-state index < -0.39 is 29.7 Å². The van der Waals surface area contributed by atoms with Crippen molar-refractivity contribution in [1.29, 1.82) is 0 Å². The molecule has 2 N–H and O–H groups in total. The number of thiazole rings is 1. The van der Waals surface area contributed by atoms with Gasteiger partial charge in [-0.25, -0.2) is 19.5 Å². The van der Waals surface area contributed by atoms with Crippen LogP contribution in [0.5, 0.6) is 0 Å². The van der Waals surface area contributed by atoms with Crippen LogP contribution in [0.15, 0.2) is 59.3 Å². The third kappa shape index (κ3) is 5.87. The maximum absolute atomic E-state index is 13.2. The predicted molar refractivity (Wildman–Crippen MR) is 149 cm³/mol. The Labute approximate surface area is 237 Å². The second kappa shape index (κ2) is 11.7. The number of methoxy groups -OCH3 is 1. The average molecular weight is 583 g/mol. The first-order chi connectivity index (χ1) is 19.0. The molecule has 0 fully saturated rings. The fraction of sp³-hybridized carbons (Fsp3) is 0.185. The van der Waals surface area contributed by atoms with E-state index in [0.717, 1.165) is 16.2 Å². The Kier molecular flexibility index (Phi) is 8.31. The zero-order valence-electron chi connectivity index (χ0n) is 21.7. The Hall–Kier alpha value is -4.55. The van der Waals surface area contributed by atoms with E-state index in [1.165, 1.54) is 43.5 Å². The van der Waals surface area contributed by atoms with Crippen LogP contribution in [0.1, 0.15) is 49.9 Å². The van der Waals surface area contributed by atoms with E-state index in [1.807, 2.05) is 0 Å². The minimum Gasteiger partial charge on any atom is -0.465 e. The molecule has 0 bridgehead atoms. The second-order valence-corrected chi connectivity index (χ2v) is 10.1. The van der Waals surface area contributed by atoms with Crippen molar-refractivity contribution in [2.45, 2.75) is 26.9 Å². The van der Waals surface area contributed by atoms with E-state index in [4.69, 9.17) is 21.1 Å². The molecule has 0 aliphatic carbocycles. The van der Waals surface area contributed by atoms with Crippen molar-refractivity contribution >= 4 is 69.1 Å². The number of hydrogen-bond donors (Lipinski definition) is 2. The van der Waals surface area contributed by atoms with Gasteiger partial charge in [0.25, 0.3) is 17.7 Å². The van der Waals surface area contributed by atoms with Gasteiger partial charge in [-0.2, -0.15) is 0 Å². The molecule has 2 aromatic carbocycles. The minimum absolute atomic E-state index is 0.140. The first-order valence-electron chi connectivity index (χ1n) is 11.8. The molecular weight excluding hydrogens is 560 g/mol. The zero-order chi connectivity index (χ0) is 29.1. The number of hydrogen-bond acceptors (Lipinski definition) is 10. The monoisotopic (exact) mass is 582 g/mol. The van der Waals surface area contributed by atoms with Gasteiger partial charge < -0.3 is 14.8 Å². The first kappa shape index (κ1) is 28.5. The SMILES string of the molecule is COC(=O)c1sc(NC(=O)c2cccc(NC3=C(Cl)C(=O)N(c4cccc(C(=O)OC(C)C)c4)C3=O)c2)nc1C. The van der Waals surface area contributed by atoms with Gasteiger partial charge in [0, 0.05) is 11.3 Å². The number of carbonyl (C=O) groups is 5. The topological polar surface area (TPSA) is 144 Å². The average Bonchev–Trinajstić information content (AvgIpc) is 3.39. The van der Waals surface area contributed by atoms with Crippen molar-refractivity contribution in [3.8, 4) is 0 Å². The molecule has 3 aromatic rings. The van der Waals surface area contributed by atoms with Crippen molar-refractivity contribution in [2.24, 2.45) is 0 Å².